The second kappa shape index (κ2) is 16.5. The van der Waals surface area contributed by atoms with Crippen LogP contribution < -0.4 is 31.7 Å². The quantitative estimate of drug-likeness (QED) is 0.133. The Hall–Kier alpha value is -5.31. The van der Waals surface area contributed by atoms with Crippen molar-refractivity contribution in [2.75, 3.05) is 46.4 Å². The topological polar surface area (TPSA) is 215 Å². The Bertz CT molecular complexity index is 1570. The highest BCUT2D eigenvalue weighted by molar-refractivity contribution is 5.95. The minimum absolute atomic E-state index is 0.0237. The predicted molar refractivity (Wildman–Crippen MR) is 171 cm³/mol. The molecule has 1 heterocycles. The minimum Gasteiger partial charge on any atom is -0.492 e. The number of ketones is 1. The van der Waals surface area contributed by atoms with Gasteiger partial charge in [0.1, 0.15) is 24.4 Å². The lowest BCUT2D eigenvalue weighted by molar-refractivity contribution is -0.145. The summed E-state index contributed by atoms with van der Waals surface area (Å²) in [7, 11) is 1.43. The number of ether oxygens (including phenoxy) is 2. The van der Waals surface area contributed by atoms with E-state index in [2.05, 4.69) is 26.0 Å². The van der Waals surface area contributed by atoms with Crippen molar-refractivity contribution >= 4 is 41.8 Å². The van der Waals surface area contributed by atoms with Gasteiger partial charge < -0.3 is 41.4 Å². The number of Topliss-reactive ketones (excluding diaryl/α,β-unsaturated/α-hetero) is 1. The number of carbonyl (C=O) groups is 7. The van der Waals surface area contributed by atoms with Crippen LogP contribution in [0.25, 0.3) is 11.1 Å². The van der Waals surface area contributed by atoms with Crippen molar-refractivity contribution in [2.45, 2.75) is 44.2 Å². The van der Waals surface area contributed by atoms with Crippen LogP contribution >= 0.6 is 0 Å². The summed E-state index contributed by atoms with van der Waals surface area (Å²) in [5.41, 5.74) is 9.33. The molecule has 1 saturated carbocycles. The van der Waals surface area contributed by atoms with E-state index in [-0.39, 0.29) is 32.0 Å². The summed E-state index contributed by atoms with van der Waals surface area (Å²) in [6.45, 7) is -0.199. The number of esters is 1. The van der Waals surface area contributed by atoms with E-state index in [1.807, 2.05) is 18.2 Å². The Balaban J connectivity index is 1.79. The van der Waals surface area contributed by atoms with Crippen molar-refractivity contribution in [3.05, 3.63) is 53.1 Å². The van der Waals surface area contributed by atoms with E-state index in [4.69, 9.17) is 10.5 Å². The molecular formula is C33H40N6O9. The van der Waals surface area contributed by atoms with Gasteiger partial charge in [-0.3, -0.25) is 33.6 Å². The molecule has 2 aromatic carbocycles. The van der Waals surface area contributed by atoms with Crippen LogP contribution in [0.3, 0.4) is 0 Å². The van der Waals surface area contributed by atoms with Crippen molar-refractivity contribution < 1.29 is 43.0 Å². The standard InChI is InChI=1S/C33H40N6O9/c1-19(41)48-17-23(42)14-36-32(45)27-12-20-3-8-28(47-10-9-34)26(11-20)25-13-22(6-7-24(25)21-4-5-21)31(33(46)37-15-29(43)38-27)39(2)30(44)16-35-18-40/h3,6-8,11,13,18,21,27,31H,4-5,9-10,12,14-17,34H2,1-2H3,(H,35,40)(H,36,45)(H,37,46)(H,38,43). The number of carbonyl (C=O) groups excluding carboxylic acids is 7. The molecule has 1 aliphatic heterocycles. The molecule has 1 aliphatic carbocycles. The molecule has 4 rings (SSSR count). The second-order valence-electron chi connectivity index (χ2n) is 11.6. The van der Waals surface area contributed by atoms with Crippen LogP contribution in [0.15, 0.2) is 36.4 Å². The fourth-order valence-corrected chi connectivity index (χ4v) is 5.38. The first kappa shape index (κ1) is 35.5. The van der Waals surface area contributed by atoms with Gasteiger partial charge in [-0.25, -0.2) is 0 Å². The van der Waals surface area contributed by atoms with E-state index in [0.29, 0.717) is 28.8 Å². The molecule has 0 saturated heterocycles. The molecule has 2 aliphatic rings. The van der Waals surface area contributed by atoms with Crippen LogP contribution in [-0.2, 0) is 44.7 Å². The number of nitrogens with one attached hydrogen (secondary N) is 4. The van der Waals surface area contributed by atoms with Gasteiger partial charge >= 0.3 is 5.97 Å². The van der Waals surface area contributed by atoms with E-state index in [9.17, 15) is 33.6 Å². The van der Waals surface area contributed by atoms with E-state index in [1.54, 1.807) is 18.2 Å². The highest BCUT2D eigenvalue weighted by atomic mass is 16.5. The zero-order valence-electron chi connectivity index (χ0n) is 26.8. The van der Waals surface area contributed by atoms with Gasteiger partial charge in [0.25, 0.3) is 0 Å². The molecule has 2 unspecified atom stereocenters. The van der Waals surface area contributed by atoms with Gasteiger partial charge in [0.2, 0.25) is 30.0 Å². The number of likely N-dealkylation sites (N-methyl/N-ethyl adjacent to an activating group) is 1. The van der Waals surface area contributed by atoms with Gasteiger partial charge in [0.05, 0.1) is 19.6 Å². The Morgan fingerprint density at radius 3 is 2.52 bits per heavy atom. The molecular weight excluding hydrogens is 624 g/mol. The van der Waals surface area contributed by atoms with E-state index >= 15 is 0 Å². The van der Waals surface area contributed by atoms with Crippen molar-refractivity contribution in [1.29, 1.82) is 0 Å². The summed E-state index contributed by atoms with van der Waals surface area (Å²) in [5, 5.41) is 9.98. The van der Waals surface area contributed by atoms with Crippen LogP contribution in [0.4, 0.5) is 0 Å². The van der Waals surface area contributed by atoms with Gasteiger partial charge in [-0.2, -0.15) is 0 Å². The van der Waals surface area contributed by atoms with Gasteiger partial charge in [0, 0.05) is 32.5 Å². The predicted octanol–water partition coefficient (Wildman–Crippen LogP) is -0.780. The monoisotopic (exact) mass is 664 g/mol. The number of amides is 5. The molecule has 6 N–H and O–H groups in total. The molecule has 0 radical (unpaired) electrons. The smallest absolute Gasteiger partial charge is 0.303 e. The molecule has 2 aromatic rings. The number of nitrogens with two attached hydrogens (primary N) is 1. The molecule has 5 amide bonds. The zero-order valence-corrected chi connectivity index (χ0v) is 26.8. The molecule has 4 bridgehead atoms. The van der Waals surface area contributed by atoms with E-state index < -0.39 is 67.2 Å². The Morgan fingerprint density at radius 2 is 1.83 bits per heavy atom. The van der Waals surface area contributed by atoms with Crippen molar-refractivity contribution in [2.24, 2.45) is 5.73 Å². The normalized spacial score (nSPS) is 17.5. The first-order chi connectivity index (χ1) is 23.0. The second-order valence-corrected chi connectivity index (χ2v) is 11.6. The summed E-state index contributed by atoms with van der Waals surface area (Å²) >= 11 is 0. The minimum atomic E-state index is -1.19. The summed E-state index contributed by atoms with van der Waals surface area (Å²) in [4.78, 5) is 88.4. The van der Waals surface area contributed by atoms with Crippen LogP contribution in [0.1, 0.15) is 48.4 Å². The van der Waals surface area contributed by atoms with Crippen LogP contribution in [0, 0.1) is 0 Å². The average molecular weight is 665 g/mol. The van der Waals surface area contributed by atoms with Crippen LogP contribution in [0.5, 0.6) is 5.75 Å². The summed E-state index contributed by atoms with van der Waals surface area (Å²) in [5.74, 6) is -3.00. The van der Waals surface area contributed by atoms with Crippen LogP contribution in [-0.4, -0.2) is 99.2 Å². The third kappa shape index (κ3) is 9.37. The summed E-state index contributed by atoms with van der Waals surface area (Å²) in [6, 6.07) is 8.53. The third-order valence-corrected chi connectivity index (χ3v) is 7.90. The zero-order chi connectivity index (χ0) is 34.8. The molecule has 0 spiro atoms. The Labute approximate surface area is 277 Å². The molecule has 15 heteroatoms. The first-order valence-corrected chi connectivity index (χ1v) is 15.5. The number of benzene rings is 2. The molecule has 48 heavy (non-hydrogen) atoms. The third-order valence-electron chi connectivity index (χ3n) is 7.90. The lowest BCUT2D eigenvalue weighted by atomic mass is 9.89. The highest BCUT2D eigenvalue weighted by Gasteiger charge is 2.33. The maximum absolute atomic E-state index is 13.7. The summed E-state index contributed by atoms with van der Waals surface area (Å²) in [6.07, 6.45) is 2.34. The molecule has 256 valence electrons. The SMILES string of the molecule is CC(=O)OCC(=O)CNC(=O)C1Cc2ccc(OCCN)c(c2)-c2cc(ccc2C2CC2)C(N(C)C(=O)CNC=O)C(=O)NCC(=O)N1. The van der Waals surface area contributed by atoms with Crippen molar-refractivity contribution in [3.63, 3.8) is 0 Å². The molecule has 1 fully saturated rings. The molecule has 15 nitrogen and oxygen atoms in total. The number of rotatable bonds is 13. The largest absolute Gasteiger partial charge is 0.492 e. The van der Waals surface area contributed by atoms with E-state index in [0.717, 1.165) is 30.9 Å². The maximum atomic E-state index is 13.7. The number of hydrogen-bond donors (Lipinski definition) is 5. The van der Waals surface area contributed by atoms with Gasteiger partial charge in [-0.1, -0.05) is 18.2 Å². The Morgan fingerprint density at radius 1 is 1.06 bits per heavy atom. The van der Waals surface area contributed by atoms with Crippen molar-refractivity contribution in [1.82, 2.24) is 26.2 Å². The maximum Gasteiger partial charge on any atom is 0.303 e. The lowest BCUT2D eigenvalue weighted by Crippen LogP contribution is -2.52. The number of nitrogens with zero attached hydrogens (tertiary/aromatic N) is 1. The first-order valence-electron chi connectivity index (χ1n) is 15.5. The highest BCUT2D eigenvalue weighted by Crippen LogP contribution is 2.47. The van der Waals surface area contributed by atoms with Gasteiger partial charge in [-0.15, -0.1) is 0 Å². The van der Waals surface area contributed by atoms with Crippen LogP contribution in [0.2, 0.25) is 0 Å². The fraction of sp³-hybridized carbons (Fsp3) is 0.424. The summed E-state index contributed by atoms with van der Waals surface area (Å²) < 4.78 is 10.7. The molecule has 0 aromatic heterocycles. The Kier molecular flexibility index (Phi) is 12.2. The fourth-order valence-electron chi connectivity index (χ4n) is 5.38. The number of hydrogen-bond acceptors (Lipinski definition) is 10. The lowest BCUT2D eigenvalue weighted by Gasteiger charge is -2.29. The number of fused-ring (bicyclic) bond motifs is 5. The van der Waals surface area contributed by atoms with E-state index in [1.165, 1.54) is 11.9 Å². The van der Waals surface area contributed by atoms with Gasteiger partial charge in [-0.05, 0) is 59.2 Å². The van der Waals surface area contributed by atoms with Crippen molar-refractivity contribution in [3.8, 4) is 16.9 Å². The van der Waals surface area contributed by atoms with Gasteiger partial charge in [0.15, 0.2) is 12.4 Å². The molecule has 2 atom stereocenters. The average Bonchev–Trinajstić information content (AvgIpc) is 3.92.